The highest BCUT2D eigenvalue weighted by Crippen LogP contribution is 2.11. The molecule has 1 fully saturated rings. The Morgan fingerprint density at radius 2 is 2.00 bits per heavy atom. The quantitative estimate of drug-likeness (QED) is 0.608. The molecular formula is C15H32N2O. The largest absolute Gasteiger partial charge is 0.380 e. The Labute approximate surface area is 113 Å². The zero-order valence-electron chi connectivity index (χ0n) is 12.6. The van der Waals surface area contributed by atoms with Crippen molar-refractivity contribution >= 4 is 0 Å². The van der Waals surface area contributed by atoms with Crippen LogP contribution in [0.15, 0.2) is 0 Å². The Hall–Kier alpha value is -0.120. The van der Waals surface area contributed by atoms with Gasteiger partial charge in [0.25, 0.3) is 0 Å². The van der Waals surface area contributed by atoms with E-state index >= 15 is 0 Å². The van der Waals surface area contributed by atoms with Gasteiger partial charge in [0.2, 0.25) is 0 Å². The molecule has 1 atom stereocenters. The number of nitrogens with zero attached hydrogens (tertiary/aromatic N) is 1. The van der Waals surface area contributed by atoms with Crippen LogP contribution in [0.3, 0.4) is 0 Å². The highest BCUT2D eigenvalue weighted by Gasteiger charge is 2.19. The molecule has 1 rings (SSSR count). The molecule has 1 saturated heterocycles. The lowest BCUT2D eigenvalue weighted by atomic mass is 10.1. The molecule has 108 valence electrons. The molecule has 0 aromatic rings. The van der Waals surface area contributed by atoms with Crippen molar-refractivity contribution in [2.75, 3.05) is 39.9 Å². The van der Waals surface area contributed by atoms with Crippen LogP contribution in [-0.2, 0) is 4.74 Å². The standard InChI is InChI=1S/C15H32N2O/c1-14(2)12-16-9-6-4-5-7-10-17(3)15-8-11-18-13-15/h14-16H,4-13H2,1-3H3. The molecule has 3 nitrogen and oxygen atoms in total. The molecular weight excluding hydrogens is 224 g/mol. The minimum Gasteiger partial charge on any atom is -0.380 e. The maximum Gasteiger partial charge on any atom is 0.0622 e. The molecule has 0 radical (unpaired) electrons. The number of hydrogen-bond donors (Lipinski definition) is 1. The third kappa shape index (κ3) is 7.34. The molecule has 1 aliphatic rings. The second-order valence-corrected chi connectivity index (χ2v) is 6.01. The number of ether oxygens (including phenoxy) is 1. The Balaban J connectivity index is 1.83. The lowest BCUT2D eigenvalue weighted by molar-refractivity contribution is 0.158. The van der Waals surface area contributed by atoms with Crippen LogP contribution in [0, 0.1) is 5.92 Å². The molecule has 0 aromatic heterocycles. The van der Waals surface area contributed by atoms with Gasteiger partial charge in [0.15, 0.2) is 0 Å². The van der Waals surface area contributed by atoms with E-state index in [0.717, 1.165) is 25.7 Å². The predicted octanol–water partition coefficient (Wildman–Crippen LogP) is 2.51. The van der Waals surface area contributed by atoms with Gasteiger partial charge >= 0.3 is 0 Å². The van der Waals surface area contributed by atoms with Gasteiger partial charge in [-0.05, 0) is 51.9 Å². The van der Waals surface area contributed by atoms with Gasteiger partial charge in [-0.2, -0.15) is 0 Å². The van der Waals surface area contributed by atoms with Crippen LogP contribution in [0.2, 0.25) is 0 Å². The van der Waals surface area contributed by atoms with Crippen LogP contribution >= 0.6 is 0 Å². The Morgan fingerprint density at radius 1 is 1.22 bits per heavy atom. The van der Waals surface area contributed by atoms with E-state index in [1.165, 1.54) is 45.2 Å². The minimum absolute atomic E-state index is 0.678. The van der Waals surface area contributed by atoms with Gasteiger partial charge in [-0.15, -0.1) is 0 Å². The minimum atomic E-state index is 0.678. The first-order valence-electron chi connectivity index (χ1n) is 7.69. The summed E-state index contributed by atoms with van der Waals surface area (Å²) in [4.78, 5) is 2.48. The van der Waals surface area contributed by atoms with Gasteiger partial charge in [0.05, 0.1) is 6.61 Å². The fourth-order valence-electron chi connectivity index (χ4n) is 2.41. The molecule has 0 bridgehead atoms. The van der Waals surface area contributed by atoms with Gasteiger partial charge in [0, 0.05) is 12.6 Å². The summed E-state index contributed by atoms with van der Waals surface area (Å²) in [5.41, 5.74) is 0. The Bertz CT molecular complexity index is 191. The van der Waals surface area contributed by atoms with Gasteiger partial charge in [-0.1, -0.05) is 26.7 Å². The topological polar surface area (TPSA) is 24.5 Å². The summed E-state index contributed by atoms with van der Waals surface area (Å²) >= 11 is 0. The van der Waals surface area contributed by atoms with E-state index < -0.39 is 0 Å². The highest BCUT2D eigenvalue weighted by molar-refractivity contribution is 4.72. The van der Waals surface area contributed by atoms with Crippen LogP contribution in [0.4, 0.5) is 0 Å². The van der Waals surface area contributed by atoms with Crippen molar-refractivity contribution in [3.8, 4) is 0 Å². The molecule has 1 heterocycles. The lowest BCUT2D eigenvalue weighted by Gasteiger charge is -2.22. The molecule has 0 aromatic carbocycles. The Morgan fingerprint density at radius 3 is 2.67 bits per heavy atom. The first-order chi connectivity index (χ1) is 8.70. The number of rotatable bonds is 10. The van der Waals surface area contributed by atoms with E-state index in [9.17, 15) is 0 Å². The zero-order valence-corrected chi connectivity index (χ0v) is 12.6. The summed E-state index contributed by atoms with van der Waals surface area (Å²) in [5.74, 6) is 0.771. The summed E-state index contributed by atoms with van der Waals surface area (Å²) in [6, 6.07) is 0.678. The van der Waals surface area contributed by atoms with Gasteiger partial charge < -0.3 is 15.0 Å². The first-order valence-corrected chi connectivity index (χ1v) is 7.69. The van der Waals surface area contributed by atoms with E-state index in [0.29, 0.717) is 6.04 Å². The van der Waals surface area contributed by atoms with Crippen LogP contribution < -0.4 is 5.32 Å². The normalized spacial score (nSPS) is 20.2. The smallest absolute Gasteiger partial charge is 0.0622 e. The van der Waals surface area contributed by atoms with Crippen LogP contribution in [0.5, 0.6) is 0 Å². The molecule has 0 amide bonds. The summed E-state index contributed by atoms with van der Waals surface area (Å²) < 4.78 is 5.42. The van der Waals surface area contributed by atoms with Gasteiger partial charge in [0.1, 0.15) is 0 Å². The van der Waals surface area contributed by atoms with Crippen molar-refractivity contribution in [3.63, 3.8) is 0 Å². The van der Waals surface area contributed by atoms with E-state index in [-0.39, 0.29) is 0 Å². The summed E-state index contributed by atoms with van der Waals surface area (Å²) in [5, 5.41) is 3.50. The Kier molecular flexibility index (Phi) is 8.64. The molecule has 0 aliphatic carbocycles. The second kappa shape index (κ2) is 9.76. The average Bonchev–Trinajstić information content (AvgIpc) is 2.85. The predicted molar refractivity (Wildman–Crippen MR) is 78.0 cm³/mol. The maximum absolute atomic E-state index is 5.42. The van der Waals surface area contributed by atoms with E-state index in [4.69, 9.17) is 4.74 Å². The summed E-state index contributed by atoms with van der Waals surface area (Å²) in [7, 11) is 2.24. The molecule has 3 heteroatoms. The van der Waals surface area contributed by atoms with Crippen molar-refractivity contribution in [2.45, 2.75) is 52.0 Å². The van der Waals surface area contributed by atoms with Crippen LogP contribution in [0.25, 0.3) is 0 Å². The van der Waals surface area contributed by atoms with E-state index in [1.54, 1.807) is 0 Å². The molecule has 0 saturated carbocycles. The number of hydrogen-bond acceptors (Lipinski definition) is 3. The van der Waals surface area contributed by atoms with Crippen molar-refractivity contribution < 1.29 is 4.74 Å². The average molecular weight is 256 g/mol. The monoisotopic (exact) mass is 256 g/mol. The van der Waals surface area contributed by atoms with Crippen molar-refractivity contribution in [3.05, 3.63) is 0 Å². The van der Waals surface area contributed by atoms with Gasteiger partial charge in [-0.25, -0.2) is 0 Å². The number of nitrogens with one attached hydrogen (secondary N) is 1. The number of unbranched alkanes of at least 4 members (excludes halogenated alkanes) is 3. The van der Waals surface area contributed by atoms with Crippen molar-refractivity contribution in [1.82, 2.24) is 10.2 Å². The van der Waals surface area contributed by atoms with Gasteiger partial charge in [-0.3, -0.25) is 0 Å². The molecule has 1 unspecified atom stereocenters. The summed E-state index contributed by atoms with van der Waals surface area (Å²) in [6.07, 6.45) is 6.59. The molecule has 18 heavy (non-hydrogen) atoms. The molecule has 1 aliphatic heterocycles. The second-order valence-electron chi connectivity index (χ2n) is 6.01. The third-order valence-corrected chi connectivity index (χ3v) is 3.70. The fraction of sp³-hybridized carbons (Fsp3) is 1.00. The fourth-order valence-corrected chi connectivity index (χ4v) is 2.41. The number of likely N-dealkylation sites (N-methyl/N-ethyl adjacent to an activating group) is 1. The zero-order chi connectivity index (χ0) is 13.2. The highest BCUT2D eigenvalue weighted by atomic mass is 16.5. The SMILES string of the molecule is CC(C)CNCCCCCCN(C)C1CCOC1. The van der Waals surface area contributed by atoms with Crippen molar-refractivity contribution in [1.29, 1.82) is 0 Å². The van der Waals surface area contributed by atoms with Crippen LogP contribution in [0.1, 0.15) is 46.0 Å². The van der Waals surface area contributed by atoms with Crippen LogP contribution in [-0.4, -0.2) is 50.8 Å². The first kappa shape index (κ1) is 15.9. The van der Waals surface area contributed by atoms with Crippen molar-refractivity contribution in [2.24, 2.45) is 5.92 Å². The lowest BCUT2D eigenvalue weighted by Crippen LogP contribution is -2.32. The maximum atomic E-state index is 5.42. The summed E-state index contributed by atoms with van der Waals surface area (Å²) in [6.45, 7) is 9.99. The molecule has 1 N–H and O–H groups in total. The van der Waals surface area contributed by atoms with E-state index in [1.807, 2.05) is 0 Å². The molecule has 0 spiro atoms. The van der Waals surface area contributed by atoms with E-state index in [2.05, 4.69) is 31.1 Å². The third-order valence-electron chi connectivity index (χ3n) is 3.70.